The van der Waals surface area contributed by atoms with E-state index in [0.717, 1.165) is 0 Å². The Morgan fingerprint density at radius 3 is 1.00 bits per heavy atom. The smallest absolute Gasteiger partial charge is 0.390 e. The lowest BCUT2D eigenvalue weighted by molar-refractivity contribution is -0.485. The molecule has 28 heavy (non-hydrogen) atoms. The molecule has 3 nitrogen and oxygen atoms in total. The monoisotopic (exact) mass is 466 g/mol. The molecule has 0 aromatic heterocycles. The second-order valence-corrected chi connectivity index (χ2v) is 4.44. The van der Waals surface area contributed by atoms with Gasteiger partial charge in [0.15, 0.2) is 0 Å². The van der Waals surface area contributed by atoms with Crippen molar-refractivity contribution in [1.29, 1.82) is 0 Å². The molecule has 2 N–H and O–H groups in total. The first-order chi connectivity index (χ1) is 11.8. The largest absolute Gasteiger partial charge is 0.462 e. The summed E-state index contributed by atoms with van der Waals surface area (Å²) >= 11 is 0. The Balaban J connectivity index is 0. The molecule has 0 amide bonds. The molecule has 0 bridgehead atoms. The van der Waals surface area contributed by atoms with Gasteiger partial charge in [-0.3, -0.25) is 4.74 Å². The van der Waals surface area contributed by atoms with Gasteiger partial charge in [0, 0.05) is 0 Å². The average molecular weight is 466 g/mol. The van der Waals surface area contributed by atoms with Gasteiger partial charge in [-0.25, -0.2) is 0 Å². The number of aliphatic hydroxyl groups is 2. The highest BCUT2D eigenvalue weighted by Gasteiger charge is 2.78. The van der Waals surface area contributed by atoms with Crippen LogP contribution in [0.25, 0.3) is 0 Å². The zero-order valence-electron chi connectivity index (χ0n) is 12.3. The van der Waals surface area contributed by atoms with Crippen molar-refractivity contribution in [2.45, 2.75) is 42.3 Å². The molecule has 1 unspecified atom stereocenters. The summed E-state index contributed by atoms with van der Waals surface area (Å²) in [6.07, 6.45) is -26.0. The predicted octanol–water partition coefficient (Wildman–Crippen LogP) is 4.19. The topological polar surface area (TPSA) is 49.7 Å². The van der Waals surface area contributed by atoms with Gasteiger partial charge in [0.2, 0.25) is 0 Å². The molecule has 0 fully saturated rings. The third-order valence-electron chi connectivity index (χ3n) is 2.25. The number of alkyl halides is 16. The minimum Gasteiger partial charge on any atom is -0.390 e. The van der Waals surface area contributed by atoms with Crippen molar-refractivity contribution in [3.05, 3.63) is 0 Å². The summed E-state index contributed by atoms with van der Waals surface area (Å²) in [6.45, 7) is -5.14. The maximum atomic E-state index is 12.7. The van der Waals surface area contributed by atoms with Crippen LogP contribution in [0, 0.1) is 0 Å². The summed E-state index contributed by atoms with van der Waals surface area (Å²) < 4.78 is 189. The standard InChI is InChI=1S/C6H3F11O2.C3H3F5O/c7-2(1-18,4(10,11)12)19-6(16,17)3(8,9)5(13,14)15;4-2(5,1-9)3(6,7)8/h18H,1H2;9H,1H2. The Morgan fingerprint density at radius 1 is 0.500 bits per heavy atom. The maximum Gasteiger partial charge on any atom is 0.462 e. The second kappa shape index (κ2) is 8.25. The zero-order valence-corrected chi connectivity index (χ0v) is 12.3. The van der Waals surface area contributed by atoms with Crippen molar-refractivity contribution >= 4 is 0 Å². The van der Waals surface area contributed by atoms with Crippen molar-refractivity contribution in [3.63, 3.8) is 0 Å². The van der Waals surface area contributed by atoms with Crippen LogP contribution in [-0.2, 0) is 4.74 Å². The molecule has 0 rings (SSSR count). The van der Waals surface area contributed by atoms with Crippen molar-refractivity contribution in [2.24, 2.45) is 0 Å². The molecule has 0 aromatic rings. The van der Waals surface area contributed by atoms with Gasteiger partial charge in [-0.05, 0) is 0 Å². The van der Waals surface area contributed by atoms with E-state index in [2.05, 4.69) is 0 Å². The van der Waals surface area contributed by atoms with Crippen LogP contribution < -0.4 is 0 Å². The van der Waals surface area contributed by atoms with Crippen molar-refractivity contribution in [2.75, 3.05) is 13.2 Å². The average Bonchev–Trinajstić information content (AvgIpc) is 2.43. The minimum atomic E-state index is -7.10. The quantitative estimate of drug-likeness (QED) is 0.598. The van der Waals surface area contributed by atoms with E-state index in [1.165, 1.54) is 0 Å². The fourth-order valence-corrected chi connectivity index (χ4v) is 0.702. The van der Waals surface area contributed by atoms with E-state index in [9.17, 15) is 70.2 Å². The molecule has 0 saturated heterocycles. The van der Waals surface area contributed by atoms with Crippen LogP contribution in [0.1, 0.15) is 0 Å². The first-order valence-electron chi connectivity index (χ1n) is 5.77. The number of hydrogen-bond donors (Lipinski definition) is 2. The lowest BCUT2D eigenvalue weighted by Crippen LogP contribution is -2.60. The first kappa shape index (κ1) is 29.0. The number of ether oxygens (including phenoxy) is 1. The maximum absolute atomic E-state index is 12.7. The molecule has 0 aliphatic heterocycles. The molecule has 0 heterocycles. The summed E-state index contributed by atoms with van der Waals surface area (Å²) in [4.78, 5) is 0. The van der Waals surface area contributed by atoms with Crippen molar-refractivity contribution in [1.82, 2.24) is 0 Å². The van der Waals surface area contributed by atoms with E-state index in [-0.39, 0.29) is 0 Å². The van der Waals surface area contributed by atoms with E-state index in [4.69, 9.17) is 10.2 Å². The van der Waals surface area contributed by atoms with Crippen molar-refractivity contribution in [3.8, 4) is 0 Å². The molecule has 0 aliphatic carbocycles. The Morgan fingerprint density at radius 2 is 0.857 bits per heavy atom. The summed E-state index contributed by atoms with van der Waals surface area (Å²) in [5, 5.41) is 15.3. The normalized spacial score (nSPS) is 16.9. The molecular weight excluding hydrogens is 460 g/mol. The Bertz CT molecular complexity index is 491. The second-order valence-electron chi connectivity index (χ2n) is 4.44. The molecule has 0 aliphatic rings. The zero-order chi connectivity index (χ0) is 23.6. The summed E-state index contributed by atoms with van der Waals surface area (Å²) in [7, 11) is 0. The van der Waals surface area contributed by atoms with Gasteiger partial charge in [-0.2, -0.15) is 70.2 Å². The lowest BCUT2D eigenvalue weighted by atomic mass is 10.2. The fraction of sp³-hybridized carbons (Fsp3) is 1.00. The van der Waals surface area contributed by atoms with Crippen LogP contribution in [0.5, 0.6) is 0 Å². The molecule has 0 radical (unpaired) electrons. The van der Waals surface area contributed by atoms with Crippen LogP contribution in [0.15, 0.2) is 0 Å². The Kier molecular flexibility index (Phi) is 8.53. The first-order valence-corrected chi connectivity index (χ1v) is 5.77. The number of hydrogen-bond acceptors (Lipinski definition) is 3. The van der Waals surface area contributed by atoms with Crippen molar-refractivity contribution < 1.29 is 85.2 Å². The molecule has 0 spiro atoms. The molecule has 1 atom stereocenters. The van der Waals surface area contributed by atoms with Gasteiger partial charge < -0.3 is 10.2 Å². The third kappa shape index (κ3) is 6.39. The highest BCUT2D eigenvalue weighted by Crippen LogP contribution is 2.50. The predicted molar refractivity (Wildman–Crippen MR) is 52.1 cm³/mol. The van der Waals surface area contributed by atoms with E-state index in [1.54, 1.807) is 0 Å². The molecule has 0 aromatic carbocycles. The SMILES string of the molecule is OCC(F)(F)C(F)(F)F.OCC(F)(OC(F)(F)C(F)(F)C(F)(F)F)C(F)(F)F. The summed E-state index contributed by atoms with van der Waals surface area (Å²) in [5.74, 6) is -17.9. The highest BCUT2D eigenvalue weighted by atomic mass is 19.4. The molecule has 19 heteroatoms. The minimum absolute atomic E-state index is 1.89. The van der Waals surface area contributed by atoms with E-state index >= 15 is 0 Å². The van der Waals surface area contributed by atoms with Crippen LogP contribution >= 0.6 is 0 Å². The van der Waals surface area contributed by atoms with Crippen LogP contribution in [-0.4, -0.2) is 65.8 Å². The number of rotatable bonds is 5. The van der Waals surface area contributed by atoms with Gasteiger partial charge in [0.25, 0.3) is 0 Å². The van der Waals surface area contributed by atoms with Gasteiger partial charge in [0.1, 0.15) is 13.2 Å². The van der Waals surface area contributed by atoms with Gasteiger partial charge in [0.05, 0.1) is 0 Å². The summed E-state index contributed by atoms with van der Waals surface area (Å²) in [6, 6.07) is 0. The van der Waals surface area contributed by atoms with Gasteiger partial charge in [-0.15, -0.1) is 0 Å². The summed E-state index contributed by atoms with van der Waals surface area (Å²) in [5.41, 5.74) is 0. The fourth-order valence-electron chi connectivity index (χ4n) is 0.702. The van der Waals surface area contributed by atoms with Gasteiger partial charge in [-0.1, -0.05) is 0 Å². The number of halogens is 16. The number of aliphatic hydroxyl groups excluding tert-OH is 2. The van der Waals surface area contributed by atoms with Crippen LogP contribution in [0.3, 0.4) is 0 Å². The van der Waals surface area contributed by atoms with Crippen LogP contribution in [0.4, 0.5) is 70.2 Å². The van der Waals surface area contributed by atoms with E-state index in [0.29, 0.717) is 0 Å². The Hall–Kier alpha value is -1.24. The van der Waals surface area contributed by atoms with Gasteiger partial charge >= 0.3 is 42.3 Å². The molecular formula is C9H6F16O3. The Labute approximate surface area is 142 Å². The molecule has 172 valence electrons. The lowest BCUT2D eigenvalue weighted by Gasteiger charge is -2.33. The van der Waals surface area contributed by atoms with E-state index < -0.39 is 55.6 Å². The molecule has 0 saturated carbocycles. The van der Waals surface area contributed by atoms with E-state index in [1.807, 2.05) is 4.74 Å². The third-order valence-corrected chi connectivity index (χ3v) is 2.25. The van der Waals surface area contributed by atoms with Crippen LogP contribution in [0.2, 0.25) is 0 Å². The highest BCUT2D eigenvalue weighted by molar-refractivity contribution is 4.89.